The van der Waals surface area contributed by atoms with Gasteiger partial charge in [-0.25, -0.2) is 4.39 Å². The predicted octanol–water partition coefficient (Wildman–Crippen LogP) is 3.55. The van der Waals surface area contributed by atoms with Crippen molar-refractivity contribution in [2.75, 3.05) is 13.1 Å². The molecule has 20 heavy (non-hydrogen) atoms. The third kappa shape index (κ3) is 3.11. The highest BCUT2D eigenvalue weighted by Crippen LogP contribution is 2.33. The average Bonchev–Trinajstić information content (AvgIpc) is 2.40. The minimum atomic E-state index is -4.28. The Morgan fingerprint density at radius 2 is 2.05 bits per heavy atom. The second-order valence-electron chi connectivity index (χ2n) is 5.10. The number of carbonyl (C=O) groups excluding carboxylic acids is 1. The van der Waals surface area contributed by atoms with Gasteiger partial charge >= 0.3 is 6.18 Å². The van der Waals surface area contributed by atoms with Gasteiger partial charge in [0.05, 0.1) is 5.92 Å². The number of nitrogens with zero attached hydrogens (tertiary/aromatic N) is 1. The summed E-state index contributed by atoms with van der Waals surface area (Å²) in [6, 6.07) is 3.84. The van der Waals surface area contributed by atoms with Crippen LogP contribution >= 0.6 is 0 Å². The zero-order valence-corrected chi connectivity index (χ0v) is 11.0. The molecule has 1 aromatic rings. The molecule has 1 aliphatic rings. The van der Waals surface area contributed by atoms with Crippen molar-refractivity contribution in [2.45, 2.75) is 25.9 Å². The van der Waals surface area contributed by atoms with E-state index in [-0.39, 0.29) is 18.5 Å². The van der Waals surface area contributed by atoms with Gasteiger partial charge in [-0.2, -0.15) is 13.2 Å². The Kier molecular flexibility index (Phi) is 4.01. The molecule has 2 rings (SSSR count). The van der Waals surface area contributed by atoms with Crippen LogP contribution in [0, 0.1) is 18.7 Å². The standard InChI is InChI=1S/C14H15F4NO/c1-9-7-10(4-5-12(9)15)13(20)19-6-2-3-11(8-19)14(16,17)18/h4-5,7,11H,2-3,6,8H2,1H3. The minimum Gasteiger partial charge on any atom is -0.338 e. The van der Waals surface area contributed by atoms with Gasteiger partial charge in [0.2, 0.25) is 0 Å². The number of likely N-dealkylation sites (tertiary alicyclic amines) is 1. The van der Waals surface area contributed by atoms with Gasteiger partial charge in [0, 0.05) is 18.7 Å². The lowest BCUT2D eigenvalue weighted by Gasteiger charge is -2.33. The van der Waals surface area contributed by atoms with E-state index < -0.39 is 23.8 Å². The topological polar surface area (TPSA) is 20.3 Å². The maximum Gasteiger partial charge on any atom is 0.393 e. The Balaban J connectivity index is 2.14. The maximum absolute atomic E-state index is 13.1. The summed E-state index contributed by atoms with van der Waals surface area (Å²) in [5.74, 6) is -2.38. The Morgan fingerprint density at radius 1 is 1.35 bits per heavy atom. The van der Waals surface area contributed by atoms with E-state index in [0.29, 0.717) is 18.5 Å². The average molecular weight is 289 g/mol. The monoisotopic (exact) mass is 289 g/mol. The van der Waals surface area contributed by atoms with Gasteiger partial charge < -0.3 is 4.90 Å². The van der Waals surface area contributed by atoms with Crippen molar-refractivity contribution < 1.29 is 22.4 Å². The van der Waals surface area contributed by atoms with Crippen LogP contribution in [0.3, 0.4) is 0 Å². The van der Waals surface area contributed by atoms with E-state index in [1.54, 1.807) is 0 Å². The zero-order chi connectivity index (χ0) is 14.9. The molecule has 0 bridgehead atoms. The van der Waals surface area contributed by atoms with Crippen LogP contribution in [0.15, 0.2) is 18.2 Å². The zero-order valence-electron chi connectivity index (χ0n) is 11.0. The van der Waals surface area contributed by atoms with Crippen molar-refractivity contribution in [3.05, 3.63) is 35.1 Å². The fourth-order valence-electron chi connectivity index (χ4n) is 2.39. The van der Waals surface area contributed by atoms with Crippen molar-refractivity contribution in [3.63, 3.8) is 0 Å². The fraction of sp³-hybridized carbons (Fsp3) is 0.500. The molecule has 0 aliphatic carbocycles. The number of hydrogen-bond donors (Lipinski definition) is 0. The van der Waals surface area contributed by atoms with E-state index in [1.165, 1.54) is 24.0 Å². The molecular formula is C14H15F4NO. The molecule has 0 spiro atoms. The van der Waals surface area contributed by atoms with Gasteiger partial charge in [-0.15, -0.1) is 0 Å². The summed E-state index contributed by atoms with van der Waals surface area (Å²) < 4.78 is 51.3. The lowest BCUT2D eigenvalue weighted by molar-refractivity contribution is -0.184. The molecule has 1 heterocycles. The summed E-state index contributed by atoms with van der Waals surface area (Å²) in [6.45, 7) is 1.50. The number of carbonyl (C=O) groups is 1. The summed E-state index contributed by atoms with van der Waals surface area (Å²) in [5, 5.41) is 0. The Morgan fingerprint density at radius 3 is 2.65 bits per heavy atom. The number of alkyl halides is 3. The Bertz CT molecular complexity index is 512. The van der Waals surface area contributed by atoms with Crippen molar-refractivity contribution in [1.82, 2.24) is 4.90 Å². The Labute approximate surface area is 114 Å². The molecule has 0 aromatic heterocycles. The van der Waals surface area contributed by atoms with Crippen LogP contribution in [0.2, 0.25) is 0 Å². The number of benzene rings is 1. The van der Waals surface area contributed by atoms with Gasteiger partial charge in [0.25, 0.3) is 5.91 Å². The summed E-state index contributed by atoms with van der Waals surface area (Å²) >= 11 is 0. The molecular weight excluding hydrogens is 274 g/mol. The van der Waals surface area contributed by atoms with E-state index in [0.717, 1.165) is 6.07 Å². The van der Waals surface area contributed by atoms with E-state index in [9.17, 15) is 22.4 Å². The maximum atomic E-state index is 13.1. The van der Waals surface area contributed by atoms with Crippen molar-refractivity contribution in [2.24, 2.45) is 5.92 Å². The molecule has 1 amide bonds. The van der Waals surface area contributed by atoms with Crippen molar-refractivity contribution >= 4 is 5.91 Å². The van der Waals surface area contributed by atoms with Crippen LogP contribution in [-0.2, 0) is 0 Å². The summed E-state index contributed by atoms with van der Waals surface area (Å²) in [4.78, 5) is 13.4. The van der Waals surface area contributed by atoms with E-state index in [4.69, 9.17) is 0 Å². The highest BCUT2D eigenvalue weighted by Gasteiger charge is 2.42. The highest BCUT2D eigenvalue weighted by atomic mass is 19.4. The number of hydrogen-bond acceptors (Lipinski definition) is 1. The molecule has 0 N–H and O–H groups in total. The molecule has 0 saturated carbocycles. The molecule has 0 radical (unpaired) electrons. The smallest absolute Gasteiger partial charge is 0.338 e. The van der Waals surface area contributed by atoms with Crippen LogP contribution in [0.5, 0.6) is 0 Å². The summed E-state index contributed by atoms with van der Waals surface area (Å²) in [7, 11) is 0. The predicted molar refractivity (Wildman–Crippen MR) is 65.8 cm³/mol. The molecule has 1 saturated heterocycles. The van der Waals surface area contributed by atoms with Crippen molar-refractivity contribution in [1.29, 1.82) is 0 Å². The number of halogens is 4. The molecule has 1 aromatic carbocycles. The van der Waals surface area contributed by atoms with E-state index in [1.807, 2.05) is 0 Å². The van der Waals surface area contributed by atoms with Gasteiger partial charge in [-0.05, 0) is 43.5 Å². The first-order valence-corrected chi connectivity index (χ1v) is 6.41. The number of rotatable bonds is 1. The number of aryl methyl sites for hydroxylation is 1. The SMILES string of the molecule is Cc1cc(C(=O)N2CCCC(C(F)(F)F)C2)ccc1F. The van der Waals surface area contributed by atoms with E-state index in [2.05, 4.69) is 0 Å². The number of amides is 1. The molecule has 2 nitrogen and oxygen atoms in total. The van der Waals surface area contributed by atoms with Gasteiger partial charge in [0.15, 0.2) is 0 Å². The lowest BCUT2D eigenvalue weighted by atomic mass is 9.96. The van der Waals surface area contributed by atoms with Crippen LogP contribution in [0.4, 0.5) is 17.6 Å². The third-order valence-corrected chi connectivity index (χ3v) is 3.58. The molecule has 1 aliphatic heterocycles. The summed E-state index contributed by atoms with van der Waals surface area (Å²) in [5.41, 5.74) is 0.534. The Hall–Kier alpha value is -1.59. The minimum absolute atomic E-state index is 0.0513. The van der Waals surface area contributed by atoms with Crippen LogP contribution < -0.4 is 0 Å². The van der Waals surface area contributed by atoms with E-state index >= 15 is 0 Å². The number of piperidine rings is 1. The second kappa shape index (κ2) is 5.42. The van der Waals surface area contributed by atoms with Crippen molar-refractivity contribution in [3.8, 4) is 0 Å². The molecule has 110 valence electrons. The molecule has 1 unspecified atom stereocenters. The van der Waals surface area contributed by atoms with Crippen LogP contribution in [-0.4, -0.2) is 30.1 Å². The summed E-state index contributed by atoms with van der Waals surface area (Å²) in [6.07, 6.45) is -3.90. The van der Waals surface area contributed by atoms with Crippen LogP contribution in [0.1, 0.15) is 28.8 Å². The van der Waals surface area contributed by atoms with Gasteiger partial charge in [-0.1, -0.05) is 0 Å². The first-order chi connectivity index (χ1) is 9.29. The lowest BCUT2D eigenvalue weighted by Crippen LogP contribution is -2.44. The quantitative estimate of drug-likeness (QED) is 0.724. The first-order valence-electron chi connectivity index (χ1n) is 6.41. The first kappa shape index (κ1) is 14.8. The molecule has 1 atom stereocenters. The largest absolute Gasteiger partial charge is 0.393 e. The fourth-order valence-corrected chi connectivity index (χ4v) is 2.39. The molecule has 6 heteroatoms. The highest BCUT2D eigenvalue weighted by molar-refractivity contribution is 5.94. The normalized spacial score (nSPS) is 20.1. The van der Waals surface area contributed by atoms with Crippen LogP contribution in [0.25, 0.3) is 0 Å². The van der Waals surface area contributed by atoms with Gasteiger partial charge in [-0.3, -0.25) is 4.79 Å². The van der Waals surface area contributed by atoms with Gasteiger partial charge in [0.1, 0.15) is 5.82 Å². The third-order valence-electron chi connectivity index (χ3n) is 3.58. The molecule has 1 fully saturated rings. The second-order valence-corrected chi connectivity index (χ2v) is 5.10.